The number of amides is 1. The summed E-state index contributed by atoms with van der Waals surface area (Å²) in [6.07, 6.45) is 2.97. The van der Waals surface area contributed by atoms with E-state index in [2.05, 4.69) is 41.2 Å². The average Bonchev–Trinajstić information content (AvgIpc) is 2.88. The molecule has 1 unspecified atom stereocenters. The Morgan fingerprint density at radius 1 is 1.33 bits per heavy atom. The second-order valence-corrected chi connectivity index (χ2v) is 6.10. The normalized spacial score (nSPS) is 12.2. The quantitative estimate of drug-likeness (QED) is 0.807. The molecule has 1 aromatic carbocycles. The number of aryl methyl sites for hydroxylation is 1. The van der Waals surface area contributed by atoms with E-state index in [1.807, 2.05) is 42.0 Å². The van der Waals surface area contributed by atoms with Crippen LogP contribution in [-0.2, 0) is 6.54 Å². The van der Waals surface area contributed by atoms with Gasteiger partial charge in [-0.15, -0.1) is 0 Å². The van der Waals surface area contributed by atoms with Crippen LogP contribution in [0.5, 0.6) is 0 Å². The minimum absolute atomic E-state index is 0.0710. The fourth-order valence-corrected chi connectivity index (χ4v) is 2.84. The van der Waals surface area contributed by atoms with Gasteiger partial charge in [-0.2, -0.15) is 0 Å². The first-order valence-electron chi connectivity index (χ1n) is 7.32. The van der Waals surface area contributed by atoms with Crippen molar-refractivity contribution in [3.05, 3.63) is 52.3 Å². The molecule has 0 fully saturated rings. The third-order valence-corrected chi connectivity index (χ3v) is 4.22. The molecule has 0 aliphatic carbocycles. The highest BCUT2D eigenvalue weighted by molar-refractivity contribution is 9.10. The minimum Gasteiger partial charge on any atom is -0.343 e. The molecule has 1 N–H and O–H groups in total. The van der Waals surface area contributed by atoms with Crippen LogP contribution >= 0.6 is 15.9 Å². The summed E-state index contributed by atoms with van der Waals surface area (Å²) in [5.74, 6) is 0.351. The zero-order valence-electron chi connectivity index (χ0n) is 12.7. The van der Waals surface area contributed by atoms with Gasteiger partial charge in [0.15, 0.2) is 0 Å². The number of nitrogens with one attached hydrogen (secondary N) is 1. The molecule has 0 saturated heterocycles. The molecule has 1 atom stereocenters. The van der Waals surface area contributed by atoms with E-state index in [4.69, 9.17) is 0 Å². The average molecular weight is 349 g/mol. The van der Waals surface area contributed by atoms with Crippen molar-refractivity contribution in [2.45, 2.75) is 39.7 Å². The maximum absolute atomic E-state index is 12.5. The van der Waals surface area contributed by atoms with Crippen LogP contribution < -0.4 is 5.32 Å². The highest BCUT2D eigenvalue weighted by atomic mass is 79.9. The van der Waals surface area contributed by atoms with Crippen molar-refractivity contribution in [1.82, 2.24) is 4.57 Å². The Kier molecular flexibility index (Phi) is 5.23. The third-order valence-electron chi connectivity index (χ3n) is 3.79. The molecule has 0 radical (unpaired) electrons. The number of anilines is 1. The number of para-hydroxylation sites is 1. The van der Waals surface area contributed by atoms with Crippen LogP contribution in [0.3, 0.4) is 0 Å². The zero-order valence-corrected chi connectivity index (χ0v) is 14.3. The first kappa shape index (κ1) is 15.8. The second kappa shape index (κ2) is 6.94. The summed E-state index contributed by atoms with van der Waals surface area (Å²) in [6.45, 7) is 7.12. The number of aromatic nitrogens is 1. The van der Waals surface area contributed by atoms with Gasteiger partial charge in [-0.1, -0.05) is 32.0 Å². The van der Waals surface area contributed by atoms with E-state index in [-0.39, 0.29) is 5.91 Å². The van der Waals surface area contributed by atoms with E-state index in [9.17, 15) is 4.79 Å². The number of carbonyl (C=O) groups is 1. The summed E-state index contributed by atoms with van der Waals surface area (Å²) in [5.41, 5.74) is 2.75. The summed E-state index contributed by atoms with van der Waals surface area (Å²) in [5, 5.41) is 3.05. The topological polar surface area (TPSA) is 34.0 Å². The molecule has 1 aromatic heterocycles. The Morgan fingerprint density at radius 3 is 2.71 bits per heavy atom. The number of benzene rings is 1. The van der Waals surface area contributed by atoms with Crippen molar-refractivity contribution in [2.75, 3.05) is 5.32 Å². The molecule has 0 saturated carbocycles. The molecule has 0 bridgehead atoms. The molecule has 0 spiro atoms. The van der Waals surface area contributed by atoms with Gasteiger partial charge in [0, 0.05) is 22.9 Å². The van der Waals surface area contributed by atoms with E-state index in [1.165, 1.54) is 5.56 Å². The van der Waals surface area contributed by atoms with E-state index in [0.29, 0.717) is 11.6 Å². The SMILES string of the molecule is CCC(C)c1ccccc1NC(=O)c1cc(Br)cn1CC. The fraction of sp³-hybridized carbons (Fsp3) is 0.353. The van der Waals surface area contributed by atoms with Gasteiger partial charge in [0.1, 0.15) is 5.69 Å². The van der Waals surface area contributed by atoms with Gasteiger partial charge in [0.25, 0.3) is 5.91 Å². The van der Waals surface area contributed by atoms with Crippen LogP contribution in [0.25, 0.3) is 0 Å². The van der Waals surface area contributed by atoms with Crippen molar-refractivity contribution in [1.29, 1.82) is 0 Å². The Hall–Kier alpha value is -1.55. The molecule has 112 valence electrons. The molecule has 3 nitrogen and oxygen atoms in total. The zero-order chi connectivity index (χ0) is 15.4. The standard InChI is InChI=1S/C17H21BrN2O/c1-4-12(3)14-8-6-7-9-15(14)19-17(21)16-10-13(18)11-20(16)5-2/h6-12H,4-5H2,1-3H3,(H,19,21). The van der Waals surface area contributed by atoms with Crippen molar-refractivity contribution in [3.63, 3.8) is 0 Å². The fourth-order valence-electron chi connectivity index (χ4n) is 2.37. The van der Waals surface area contributed by atoms with E-state index < -0.39 is 0 Å². The Morgan fingerprint density at radius 2 is 2.05 bits per heavy atom. The van der Waals surface area contributed by atoms with Gasteiger partial charge in [-0.25, -0.2) is 0 Å². The molecule has 2 rings (SSSR count). The Bertz CT molecular complexity index is 633. The summed E-state index contributed by atoms with van der Waals surface area (Å²) < 4.78 is 2.86. The van der Waals surface area contributed by atoms with Crippen molar-refractivity contribution >= 4 is 27.5 Å². The number of rotatable bonds is 5. The molecule has 4 heteroatoms. The first-order chi connectivity index (χ1) is 10.1. The van der Waals surface area contributed by atoms with Gasteiger partial charge >= 0.3 is 0 Å². The molecular formula is C17H21BrN2O. The Balaban J connectivity index is 2.27. The van der Waals surface area contributed by atoms with Gasteiger partial charge in [-0.3, -0.25) is 4.79 Å². The van der Waals surface area contributed by atoms with Crippen LogP contribution in [0, 0.1) is 0 Å². The summed E-state index contributed by atoms with van der Waals surface area (Å²) in [4.78, 5) is 12.5. The molecule has 0 aliphatic rings. The molecule has 21 heavy (non-hydrogen) atoms. The minimum atomic E-state index is -0.0710. The smallest absolute Gasteiger partial charge is 0.272 e. The lowest BCUT2D eigenvalue weighted by Crippen LogP contribution is -2.17. The molecular weight excluding hydrogens is 328 g/mol. The highest BCUT2D eigenvalue weighted by Crippen LogP contribution is 2.27. The van der Waals surface area contributed by atoms with Gasteiger partial charge < -0.3 is 9.88 Å². The predicted molar refractivity (Wildman–Crippen MR) is 90.9 cm³/mol. The number of hydrogen-bond acceptors (Lipinski definition) is 1. The molecule has 1 heterocycles. The predicted octanol–water partition coefficient (Wildman–Crippen LogP) is 5.04. The third kappa shape index (κ3) is 3.56. The lowest BCUT2D eigenvalue weighted by Gasteiger charge is -2.16. The van der Waals surface area contributed by atoms with Gasteiger partial charge in [-0.05, 0) is 52.9 Å². The summed E-state index contributed by atoms with van der Waals surface area (Å²) >= 11 is 3.43. The molecule has 0 aliphatic heterocycles. The van der Waals surface area contributed by atoms with Gasteiger partial charge in [0.2, 0.25) is 0 Å². The lowest BCUT2D eigenvalue weighted by atomic mass is 9.97. The van der Waals surface area contributed by atoms with Crippen LogP contribution in [0.15, 0.2) is 41.0 Å². The van der Waals surface area contributed by atoms with E-state index in [1.54, 1.807) is 0 Å². The number of carbonyl (C=O) groups excluding carboxylic acids is 1. The van der Waals surface area contributed by atoms with Crippen molar-refractivity contribution < 1.29 is 4.79 Å². The Labute approximate surface area is 134 Å². The van der Waals surface area contributed by atoms with Crippen LogP contribution in [0.2, 0.25) is 0 Å². The first-order valence-corrected chi connectivity index (χ1v) is 8.12. The number of halogens is 1. The monoisotopic (exact) mass is 348 g/mol. The number of hydrogen-bond donors (Lipinski definition) is 1. The summed E-state index contributed by atoms with van der Waals surface area (Å²) in [6, 6.07) is 9.87. The second-order valence-electron chi connectivity index (χ2n) is 5.18. The maximum atomic E-state index is 12.5. The summed E-state index contributed by atoms with van der Waals surface area (Å²) in [7, 11) is 0. The van der Waals surface area contributed by atoms with E-state index in [0.717, 1.165) is 23.1 Å². The van der Waals surface area contributed by atoms with Crippen LogP contribution in [0.1, 0.15) is 49.2 Å². The van der Waals surface area contributed by atoms with Crippen molar-refractivity contribution in [2.24, 2.45) is 0 Å². The maximum Gasteiger partial charge on any atom is 0.272 e. The lowest BCUT2D eigenvalue weighted by molar-refractivity contribution is 0.101. The largest absolute Gasteiger partial charge is 0.343 e. The molecule has 2 aromatic rings. The molecule has 1 amide bonds. The van der Waals surface area contributed by atoms with Crippen molar-refractivity contribution in [3.8, 4) is 0 Å². The van der Waals surface area contributed by atoms with Crippen LogP contribution in [0.4, 0.5) is 5.69 Å². The van der Waals surface area contributed by atoms with Crippen LogP contribution in [-0.4, -0.2) is 10.5 Å². The highest BCUT2D eigenvalue weighted by Gasteiger charge is 2.15. The number of nitrogens with zero attached hydrogens (tertiary/aromatic N) is 1. The van der Waals surface area contributed by atoms with Gasteiger partial charge in [0.05, 0.1) is 0 Å². The van der Waals surface area contributed by atoms with E-state index >= 15 is 0 Å².